The average Bonchev–Trinajstić information content (AvgIpc) is 3.37. The van der Waals surface area contributed by atoms with Gasteiger partial charge in [-0.2, -0.15) is 4.98 Å². The Bertz CT molecular complexity index is 965. The number of aryl methyl sites for hydroxylation is 3. The number of hydrogen-bond acceptors (Lipinski definition) is 6. The fraction of sp³-hybridized carbons (Fsp3) is 0.409. The van der Waals surface area contributed by atoms with Crippen molar-refractivity contribution in [3.05, 3.63) is 52.2 Å². The van der Waals surface area contributed by atoms with Crippen molar-refractivity contribution in [1.29, 1.82) is 0 Å². The number of carbonyl (C=O) groups is 1. The minimum atomic E-state index is 0.0377. The lowest BCUT2D eigenvalue weighted by atomic mass is 9.95. The first-order valence-corrected chi connectivity index (χ1v) is 10.8. The number of likely N-dealkylation sites (tertiary alicyclic amines) is 1. The van der Waals surface area contributed by atoms with Gasteiger partial charge in [0.15, 0.2) is 0 Å². The van der Waals surface area contributed by atoms with Gasteiger partial charge in [-0.05, 0) is 69.3 Å². The Morgan fingerprint density at radius 2 is 1.97 bits per heavy atom. The quantitative estimate of drug-likeness (QED) is 0.667. The first-order chi connectivity index (χ1) is 14.0. The molecule has 0 bridgehead atoms. The van der Waals surface area contributed by atoms with Crippen LogP contribution in [0, 0.1) is 26.7 Å². The number of amides is 1. The van der Waals surface area contributed by atoms with E-state index in [-0.39, 0.29) is 11.8 Å². The molecule has 0 unspecified atom stereocenters. The highest BCUT2D eigenvalue weighted by atomic mass is 32.1. The van der Waals surface area contributed by atoms with Crippen molar-refractivity contribution in [3.8, 4) is 10.7 Å². The van der Waals surface area contributed by atoms with E-state index in [0.717, 1.165) is 47.6 Å². The van der Waals surface area contributed by atoms with E-state index < -0.39 is 0 Å². The predicted octanol–water partition coefficient (Wildman–Crippen LogP) is 4.57. The summed E-state index contributed by atoms with van der Waals surface area (Å²) in [5.41, 5.74) is 4.40. The maximum atomic E-state index is 12.8. The molecule has 1 fully saturated rings. The van der Waals surface area contributed by atoms with E-state index in [2.05, 4.69) is 39.4 Å². The number of rotatable bonds is 5. The van der Waals surface area contributed by atoms with Crippen molar-refractivity contribution in [2.24, 2.45) is 5.92 Å². The molecule has 0 radical (unpaired) electrons. The normalized spacial score (nSPS) is 15.6. The van der Waals surface area contributed by atoms with E-state index >= 15 is 0 Å². The summed E-state index contributed by atoms with van der Waals surface area (Å²) in [7, 11) is 0. The van der Waals surface area contributed by atoms with Crippen LogP contribution in [0.5, 0.6) is 0 Å². The van der Waals surface area contributed by atoms with Crippen LogP contribution in [0.3, 0.4) is 0 Å². The SMILES string of the molecule is Cc1cc(C)c(NC(=O)C2CCN(Cc3nc(-c4cccs4)no3)CC2)c(C)c1. The van der Waals surface area contributed by atoms with Gasteiger partial charge in [0.1, 0.15) is 0 Å². The summed E-state index contributed by atoms with van der Waals surface area (Å²) in [6, 6.07) is 8.19. The van der Waals surface area contributed by atoms with Gasteiger partial charge in [-0.3, -0.25) is 9.69 Å². The monoisotopic (exact) mass is 410 g/mol. The van der Waals surface area contributed by atoms with Gasteiger partial charge in [0.2, 0.25) is 17.6 Å². The standard InChI is InChI=1S/C22H26N4O2S/c1-14-11-15(2)20(16(3)12-14)24-22(27)17-6-8-26(9-7-17)13-19-23-21(25-28-19)18-5-4-10-29-18/h4-5,10-12,17H,6-9,13H2,1-3H3,(H,24,27). The average molecular weight is 411 g/mol. The van der Waals surface area contributed by atoms with Crippen LogP contribution in [0.15, 0.2) is 34.2 Å². The minimum Gasteiger partial charge on any atom is -0.338 e. The van der Waals surface area contributed by atoms with Crippen molar-refractivity contribution in [2.45, 2.75) is 40.2 Å². The minimum absolute atomic E-state index is 0.0377. The van der Waals surface area contributed by atoms with Crippen LogP contribution in [0.2, 0.25) is 0 Å². The molecule has 1 aromatic carbocycles. The molecule has 1 aliphatic heterocycles. The highest BCUT2D eigenvalue weighted by molar-refractivity contribution is 7.13. The first-order valence-electron chi connectivity index (χ1n) is 9.97. The Hall–Kier alpha value is -2.51. The number of benzene rings is 1. The summed E-state index contributed by atoms with van der Waals surface area (Å²) in [6.07, 6.45) is 1.67. The molecular formula is C22H26N4O2S. The number of nitrogens with one attached hydrogen (secondary N) is 1. The summed E-state index contributed by atoms with van der Waals surface area (Å²) in [5, 5.41) is 9.23. The largest absolute Gasteiger partial charge is 0.338 e. The molecule has 152 valence electrons. The predicted molar refractivity (Wildman–Crippen MR) is 115 cm³/mol. The first kappa shape index (κ1) is 19.8. The van der Waals surface area contributed by atoms with Crippen LogP contribution < -0.4 is 5.32 Å². The highest BCUT2D eigenvalue weighted by Gasteiger charge is 2.26. The maximum Gasteiger partial charge on any atom is 0.241 e. The van der Waals surface area contributed by atoms with Gasteiger partial charge in [0.05, 0.1) is 11.4 Å². The number of hydrogen-bond donors (Lipinski definition) is 1. The second-order valence-electron chi connectivity index (χ2n) is 7.80. The van der Waals surface area contributed by atoms with Crippen LogP contribution in [0.25, 0.3) is 10.7 Å². The van der Waals surface area contributed by atoms with Crippen LogP contribution in [-0.2, 0) is 11.3 Å². The van der Waals surface area contributed by atoms with Crippen molar-refractivity contribution in [3.63, 3.8) is 0 Å². The number of anilines is 1. The molecule has 0 atom stereocenters. The third-order valence-electron chi connectivity index (χ3n) is 5.45. The zero-order chi connectivity index (χ0) is 20.4. The van der Waals surface area contributed by atoms with Crippen molar-refractivity contribution in [2.75, 3.05) is 18.4 Å². The van der Waals surface area contributed by atoms with Gasteiger partial charge in [-0.15, -0.1) is 11.3 Å². The van der Waals surface area contributed by atoms with E-state index in [4.69, 9.17) is 4.52 Å². The zero-order valence-corrected chi connectivity index (χ0v) is 17.9. The van der Waals surface area contributed by atoms with Gasteiger partial charge >= 0.3 is 0 Å². The molecule has 29 heavy (non-hydrogen) atoms. The number of piperidine rings is 1. The Morgan fingerprint density at radius 3 is 2.62 bits per heavy atom. The molecule has 4 rings (SSSR count). The zero-order valence-electron chi connectivity index (χ0n) is 17.1. The fourth-order valence-corrected chi connectivity index (χ4v) is 4.62. The molecule has 1 saturated heterocycles. The van der Waals surface area contributed by atoms with Crippen molar-refractivity contribution in [1.82, 2.24) is 15.0 Å². The summed E-state index contributed by atoms with van der Waals surface area (Å²) in [6.45, 7) is 8.50. The molecule has 2 aromatic heterocycles. The third kappa shape index (κ3) is 4.57. The Balaban J connectivity index is 1.31. The summed E-state index contributed by atoms with van der Waals surface area (Å²) in [4.78, 5) is 20.6. The van der Waals surface area contributed by atoms with E-state index in [0.29, 0.717) is 18.3 Å². The van der Waals surface area contributed by atoms with Crippen LogP contribution in [-0.4, -0.2) is 34.0 Å². The smallest absolute Gasteiger partial charge is 0.241 e. The third-order valence-corrected chi connectivity index (χ3v) is 6.32. The second kappa shape index (κ2) is 8.47. The molecule has 1 aliphatic rings. The Labute approximate surface area is 174 Å². The Morgan fingerprint density at radius 1 is 1.24 bits per heavy atom. The van der Waals surface area contributed by atoms with Gasteiger partial charge in [0.25, 0.3) is 0 Å². The van der Waals surface area contributed by atoms with Gasteiger partial charge in [-0.1, -0.05) is 28.9 Å². The lowest BCUT2D eigenvalue weighted by Crippen LogP contribution is -2.38. The van der Waals surface area contributed by atoms with E-state index in [1.165, 1.54) is 5.56 Å². The molecule has 0 aliphatic carbocycles. The van der Waals surface area contributed by atoms with E-state index in [1.54, 1.807) is 11.3 Å². The summed E-state index contributed by atoms with van der Waals surface area (Å²) >= 11 is 1.60. The van der Waals surface area contributed by atoms with Crippen LogP contribution in [0.4, 0.5) is 5.69 Å². The highest BCUT2D eigenvalue weighted by Crippen LogP contribution is 2.26. The maximum absolute atomic E-state index is 12.8. The Kier molecular flexibility index (Phi) is 5.78. The van der Waals surface area contributed by atoms with Crippen molar-refractivity contribution >= 4 is 22.9 Å². The van der Waals surface area contributed by atoms with Gasteiger partial charge in [-0.25, -0.2) is 0 Å². The van der Waals surface area contributed by atoms with Gasteiger partial charge < -0.3 is 9.84 Å². The fourth-order valence-electron chi connectivity index (χ4n) is 3.97. The molecule has 0 saturated carbocycles. The second-order valence-corrected chi connectivity index (χ2v) is 8.75. The molecule has 7 heteroatoms. The number of carbonyl (C=O) groups excluding carboxylic acids is 1. The molecular weight excluding hydrogens is 384 g/mol. The number of nitrogens with zero attached hydrogens (tertiary/aromatic N) is 3. The molecule has 0 spiro atoms. The molecule has 3 heterocycles. The topological polar surface area (TPSA) is 71.3 Å². The van der Waals surface area contributed by atoms with Crippen LogP contribution >= 0.6 is 11.3 Å². The van der Waals surface area contributed by atoms with Crippen LogP contribution in [0.1, 0.15) is 35.4 Å². The van der Waals surface area contributed by atoms with E-state index in [1.807, 2.05) is 31.4 Å². The number of thiophene rings is 1. The van der Waals surface area contributed by atoms with Gasteiger partial charge in [0, 0.05) is 11.6 Å². The molecule has 6 nitrogen and oxygen atoms in total. The summed E-state index contributed by atoms with van der Waals surface area (Å²) in [5.74, 6) is 1.43. The molecule has 1 amide bonds. The van der Waals surface area contributed by atoms with Crippen molar-refractivity contribution < 1.29 is 9.32 Å². The molecule has 1 N–H and O–H groups in total. The van der Waals surface area contributed by atoms with E-state index in [9.17, 15) is 4.79 Å². The summed E-state index contributed by atoms with van der Waals surface area (Å²) < 4.78 is 5.41. The molecule has 3 aromatic rings. The lowest BCUT2D eigenvalue weighted by Gasteiger charge is -2.30. The number of aromatic nitrogens is 2. The lowest BCUT2D eigenvalue weighted by molar-refractivity contribution is -0.121.